The number of hydrogen-bond donors (Lipinski definition) is 1. The zero-order valence-corrected chi connectivity index (χ0v) is 15.5. The van der Waals surface area contributed by atoms with E-state index in [0.717, 1.165) is 37.2 Å². The topological polar surface area (TPSA) is 85.8 Å². The first-order chi connectivity index (χ1) is 13.6. The van der Waals surface area contributed by atoms with Crippen LogP contribution in [0.1, 0.15) is 52.9 Å². The van der Waals surface area contributed by atoms with Gasteiger partial charge in [0.05, 0.1) is 12.1 Å². The van der Waals surface area contributed by atoms with Gasteiger partial charge >= 0.3 is 0 Å². The van der Waals surface area contributed by atoms with Crippen LogP contribution in [0.5, 0.6) is 0 Å². The first-order valence-corrected chi connectivity index (χ1v) is 9.54. The second kappa shape index (κ2) is 6.54. The van der Waals surface area contributed by atoms with Crippen molar-refractivity contribution >= 4 is 11.6 Å². The van der Waals surface area contributed by atoms with Gasteiger partial charge in [-0.15, -0.1) is 0 Å². The minimum absolute atomic E-state index is 0.187. The molecule has 1 fully saturated rings. The van der Waals surface area contributed by atoms with Crippen molar-refractivity contribution in [1.29, 1.82) is 0 Å². The molecular weight excluding hydrogens is 361 g/mol. The fraction of sp³-hybridized carbons (Fsp3) is 0.400. The molecule has 28 heavy (non-hydrogen) atoms. The number of carbonyl (C=O) groups is 1. The number of alkyl halides is 1. The summed E-state index contributed by atoms with van der Waals surface area (Å²) in [5, 5.41) is 6.94. The van der Waals surface area contributed by atoms with Crippen LogP contribution in [0.15, 0.2) is 28.9 Å². The lowest BCUT2D eigenvalue weighted by Crippen LogP contribution is -2.20. The van der Waals surface area contributed by atoms with E-state index in [-0.39, 0.29) is 11.8 Å². The van der Waals surface area contributed by atoms with E-state index in [9.17, 15) is 9.18 Å². The van der Waals surface area contributed by atoms with Gasteiger partial charge in [-0.1, -0.05) is 17.3 Å². The molecular formula is C20H20FN5O2. The Hall–Kier alpha value is -3.03. The van der Waals surface area contributed by atoms with Crippen molar-refractivity contribution in [3.05, 3.63) is 47.4 Å². The summed E-state index contributed by atoms with van der Waals surface area (Å²) in [6.07, 6.45) is 4.26. The molecule has 2 aromatic heterocycles. The van der Waals surface area contributed by atoms with Gasteiger partial charge in [0.1, 0.15) is 17.7 Å². The van der Waals surface area contributed by atoms with Crippen LogP contribution in [-0.4, -0.2) is 31.8 Å². The van der Waals surface area contributed by atoms with Crippen molar-refractivity contribution in [2.75, 3.05) is 5.32 Å². The smallest absolute Gasteiger partial charge is 0.273 e. The molecule has 0 bridgehead atoms. The largest absolute Gasteiger partial charge is 0.339 e. The van der Waals surface area contributed by atoms with E-state index < -0.39 is 6.17 Å². The Morgan fingerprint density at radius 1 is 1.36 bits per heavy atom. The lowest BCUT2D eigenvalue weighted by Gasteiger charge is -2.16. The molecule has 7 nitrogen and oxygen atoms in total. The molecule has 0 radical (unpaired) electrons. The minimum atomic E-state index is -0.886. The van der Waals surface area contributed by atoms with Gasteiger partial charge in [-0.3, -0.25) is 4.79 Å². The van der Waals surface area contributed by atoms with Crippen LogP contribution in [-0.2, 0) is 13.0 Å². The summed E-state index contributed by atoms with van der Waals surface area (Å²) in [5.41, 5.74) is 2.88. The molecule has 1 amide bonds. The minimum Gasteiger partial charge on any atom is -0.339 e. The number of aryl methyl sites for hydroxylation is 2. The Bertz CT molecular complexity index is 1060. The summed E-state index contributed by atoms with van der Waals surface area (Å²) in [6.45, 7) is 2.74. The van der Waals surface area contributed by atoms with Crippen LogP contribution in [0.2, 0.25) is 0 Å². The SMILES string of the molecule is Cc1ccc(-c2noc([C@H]3C[C@@H]3F)n2)cc1NC(=O)c1cnc2n1CCCC2. The van der Waals surface area contributed by atoms with Crippen LogP contribution in [0.4, 0.5) is 10.1 Å². The van der Waals surface area contributed by atoms with Gasteiger partial charge in [0.2, 0.25) is 11.7 Å². The van der Waals surface area contributed by atoms with Gasteiger partial charge in [0, 0.05) is 24.2 Å². The third-order valence-electron chi connectivity index (χ3n) is 5.42. The van der Waals surface area contributed by atoms with Gasteiger partial charge in [0.15, 0.2) is 0 Å². The van der Waals surface area contributed by atoms with E-state index in [0.29, 0.717) is 35.1 Å². The molecule has 5 rings (SSSR count). The van der Waals surface area contributed by atoms with Crippen molar-refractivity contribution in [3.63, 3.8) is 0 Å². The summed E-state index contributed by atoms with van der Waals surface area (Å²) in [4.78, 5) is 21.5. The van der Waals surface area contributed by atoms with Crippen molar-refractivity contribution in [2.45, 2.75) is 51.2 Å². The van der Waals surface area contributed by atoms with Crippen LogP contribution < -0.4 is 5.32 Å². The number of carbonyl (C=O) groups excluding carboxylic acids is 1. The molecule has 2 atom stereocenters. The molecule has 1 aliphatic heterocycles. The number of rotatable bonds is 4. The van der Waals surface area contributed by atoms with Crippen molar-refractivity contribution in [3.8, 4) is 11.4 Å². The fourth-order valence-corrected chi connectivity index (χ4v) is 3.60. The molecule has 3 heterocycles. The Balaban J connectivity index is 1.39. The van der Waals surface area contributed by atoms with E-state index in [4.69, 9.17) is 4.52 Å². The fourth-order valence-electron chi connectivity index (χ4n) is 3.60. The molecule has 1 N–H and O–H groups in total. The number of nitrogens with zero attached hydrogens (tertiary/aromatic N) is 4. The molecule has 3 aromatic rings. The number of aromatic nitrogens is 4. The predicted molar refractivity (Wildman–Crippen MR) is 99.8 cm³/mol. The highest BCUT2D eigenvalue weighted by Gasteiger charge is 2.43. The molecule has 2 aliphatic rings. The van der Waals surface area contributed by atoms with E-state index in [2.05, 4.69) is 20.4 Å². The average Bonchev–Trinajstić information content (AvgIpc) is 3.12. The van der Waals surface area contributed by atoms with Crippen LogP contribution in [0.3, 0.4) is 0 Å². The normalized spacial score (nSPS) is 20.6. The van der Waals surface area contributed by atoms with Crippen molar-refractivity contribution in [1.82, 2.24) is 19.7 Å². The molecule has 1 saturated carbocycles. The van der Waals surface area contributed by atoms with Gasteiger partial charge in [-0.2, -0.15) is 4.98 Å². The molecule has 8 heteroatoms. The van der Waals surface area contributed by atoms with Gasteiger partial charge < -0.3 is 14.4 Å². The monoisotopic (exact) mass is 381 g/mol. The van der Waals surface area contributed by atoms with Gasteiger partial charge in [-0.05, 0) is 37.8 Å². The average molecular weight is 381 g/mol. The summed E-state index contributed by atoms with van der Waals surface area (Å²) in [7, 11) is 0. The van der Waals surface area contributed by atoms with E-state index >= 15 is 0 Å². The maximum atomic E-state index is 13.2. The number of hydrogen-bond acceptors (Lipinski definition) is 5. The summed E-state index contributed by atoms with van der Waals surface area (Å²) in [5.74, 6) is 1.23. The number of benzene rings is 1. The highest BCUT2D eigenvalue weighted by atomic mass is 19.1. The lowest BCUT2D eigenvalue weighted by molar-refractivity contribution is 0.101. The summed E-state index contributed by atoms with van der Waals surface area (Å²) < 4.78 is 20.4. The third-order valence-corrected chi connectivity index (χ3v) is 5.42. The van der Waals surface area contributed by atoms with Gasteiger partial charge in [0.25, 0.3) is 5.91 Å². The highest BCUT2D eigenvalue weighted by molar-refractivity contribution is 6.03. The number of halogens is 1. The summed E-state index contributed by atoms with van der Waals surface area (Å²) in [6, 6.07) is 5.57. The molecule has 1 aromatic carbocycles. The predicted octanol–water partition coefficient (Wildman–Crippen LogP) is 3.66. The number of fused-ring (bicyclic) bond motifs is 1. The zero-order chi connectivity index (χ0) is 19.3. The zero-order valence-electron chi connectivity index (χ0n) is 15.5. The van der Waals surface area contributed by atoms with Crippen molar-refractivity contribution < 1.29 is 13.7 Å². The standard InChI is InChI=1S/C20H20FN5O2/c1-11-5-6-12(18-24-20(28-25-18)13-9-14(13)21)8-15(11)23-19(27)16-10-22-17-4-2-3-7-26(16)17/h5-6,8,10,13-14H,2-4,7,9H2,1H3,(H,23,27)/t13-,14-/m0/s1. The number of anilines is 1. The van der Waals surface area contributed by atoms with Gasteiger partial charge in [-0.25, -0.2) is 9.37 Å². The Labute approximate surface area is 161 Å². The number of nitrogens with one attached hydrogen (secondary N) is 1. The Kier molecular flexibility index (Phi) is 3.99. The quantitative estimate of drug-likeness (QED) is 0.745. The molecule has 1 aliphatic carbocycles. The Morgan fingerprint density at radius 2 is 2.21 bits per heavy atom. The first kappa shape index (κ1) is 17.1. The maximum absolute atomic E-state index is 13.2. The first-order valence-electron chi connectivity index (χ1n) is 9.54. The van der Waals surface area contributed by atoms with Crippen molar-refractivity contribution in [2.24, 2.45) is 0 Å². The summed E-state index contributed by atoms with van der Waals surface area (Å²) >= 11 is 0. The lowest BCUT2D eigenvalue weighted by atomic mass is 10.1. The van der Waals surface area contributed by atoms with Crippen LogP contribution in [0.25, 0.3) is 11.4 Å². The second-order valence-corrected chi connectivity index (χ2v) is 7.47. The maximum Gasteiger partial charge on any atom is 0.273 e. The van der Waals surface area contributed by atoms with E-state index in [1.807, 2.05) is 29.7 Å². The van der Waals surface area contributed by atoms with E-state index in [1.54, 1.807) is 6.20 Å². The molecule has 144 valence electrons. The second-order valence-electron chi connectivity index (χ2n) is 7.47. The van der Waals surface area contributed by atoms with E-state index in [1.165, 1.54) is 0 Å². The molecule has 0 unspecified atom stereocenters. The number of imidazole rings is 1. The highest BCUT2D eigenvalue weighted by Crippen LogP contribution is 2.43. The number of amides is 1. The van der Waals surface area contributed by atoms with Crippen LogP contribution in [0, 0.1) is 6.92 Å². The Morgan fingerprint density at radius 3 is 3.04 bits per heavy atom. The molecule has 0 spiro atoms. The third kappa shape index (κ3) is 2.98. The van der Waals surface area contributed by atoms with Crippen LogP contribution >= 0.6 is 0 Å². The molecule has 0 saturated heterocycles.